The summed E-state index contributed by atoms with van der Waals surface area (Å²) in [5.41, 5.74) is 9.44. The number of carbonyl (C=O) groups excluding carboxylic acids is 1. The largest absolute Gasteiger partial charge is 0.370 e. The Kier molecular flexibility index (Phi) is 6.04. The minimum Gasteiger partial charge on any atom is -0.370 e. The number of guanidine groups is 1. The van der Waals surface area contributed by atoms with Gasteiger partial charge in [-0.3, -0.25) is 15.5 Å². The molecule has 0 saturated heterocycles. The van der Waals surface area contributed by atoms with E-state index in [0.29, 0.717) is 11.5 Å². The monoisotopic (exact) mass is 374 g/mol. The van der Waals surface area contributed by atoms with E-state index in [9.17, 15) is 4.79 Å². The average molecular weight is 374 g/mol. The molecule has 1 heterocycles. The lowest BCUT2D eigenvalue weighted by atomic mass is 9.95. The normalized spacial score (nSPS) is 11.0. The van der Waals surface area contributed by atoms with Gasteiger partial charge in [0.25, 0.3) is 5.91 Å². The molecule has 1 aromatic heterocycles. The van der Waals surface area contributed by atoms with E-state index in [4.69, 9.17) is 16.1 Å². The minimum atomic E-state index is -0.381. The number of fused-ring (bicyclic) bond motifs is 1. The van der Waals surface area contributed by atoms with Crippen LogP contribution in [-0.4, -0.2) is 16.9 Å². The number of nitrogens with one attached hydrogen (secondary N) is 2. The van der Waals surface area contributed by atoms with Gasteiger partial charge in [-0.15, -0.1) is 0 Å². The maximum Gasteiger partial charge on any atom is 0.258 e. The van der Waals surface area contributed by atoms with Gasteiger partial charge in [-0.25, -0.2) is 4.98 Å². The molecule has 0 unspecified atom stereocenters. The summed E-state index contributed by atoms with van der Waals surface area (Å²) in [5.74, 6) is -0.111. The maximum absolute atomic E-state index is 12.8. The Morgan fingerprint density at radius 1 is 1.14 bits per heavy atom. The number of amides is 1. The van der Waals surface area contributed by atoms with E-state index in [2.05, 4.69) is 25.2 Å². The molecule has 0 aliphatic heterocycles. The number of benzene rings is 2. The lowest BCUT2D eigenvalue weighted by Crippen LogP contribution is -2.35. The molecule has 0 aliphatic carbocycles. The Bertz CT molecular complexity index is 996. The first kappa shape index (κ1) is 19.5. The van der Waals surface area contributed by atoms with Crippen LogP contribution in [0.2, 0.25) is 0 Å². The molecule has 0 fully saturated rings. The molecule has 5 nitrogen and oxygen atoms in total. The van der Waals surface area contributed by atoms with E-state index in [1.54, 1.807) is 6.07 Å². The van der Waals surface area contributed by atoms with E-state index < -0.39 is 0 Å². The molecule has 1 amide bonds. The van der Waals surface area contributed by atoms with Gasteiger partial charge in [-0.05, 0) is 36.5 Å². The zero-order valence-electron chi connectivity index (χ0n) is 16.3. The van der Waals surface area contributed by atoms with Crippen molar-refractivity contribution in [2.24, 2.45) is 11.7 Å². The van der Waals surface area contributed by atoms with Crippen molar-refractivity contribution in [3.63, 3.8) is 0 Å². The van der Waals surface area contributed by atoms with Crippen LogP contribution in [0.3, 0.4) is 0 Å². The van der Waals surface area contributed by atoms with Crippen molar-refractivity contribution in [1.82, 2.24) is 10.3 Å². The lowest BCUT2D eigenvalue weighted by Gasteiger charge is -2.14. The number of nitrogens with zero attached hydrogens (tertiary/aromatic N) is 1. The second-order valence-electron chi connectivity index (χ2n) is 7.39. The number of carbonyl (C=O) groups is 1. The van der Waals surface area contributed by atoms with Crippen LogP contribution in [-0.2, 0) is 6.42 Å². The minimum absolute atomic E-state index is 0.367. The molecule has 0 saturated carbocycles. The molecular weight excluding hydrogens is 348 g/mol. The Balaban J connectivity index is 2.14. The fourth-order valence-electron chi connectivity index (χ4n) is 3.40. The van der Waals surface area contributed by atoms with Crippen LogP contribution in [0.25, 0.3) is 22.2 Å². The van der Waals surface area contributed by atoms with E-state index in [1.807, 2.05) is 42.5 Å². The first-order valence-electron chi connectivity index (χ1n) is 9.59. The quantitative estimate of drug-likeness (QED) is 0.438. The second kappa shape index (κ2) is 8.65. The zero-order valence-corrected chi connectivity index (χ0v) is 16.3. The number of pyridine rings is 1. The molecule has 28 heavy (non-hydrogen) atoms. The van der Waals surface area contributed by atoms with Crippen molar-refractivity contribution in [3.8, 4) is 11.3 Å². The van der Waals surface area contributed by atoms with Crippen LogP contribution >= 0.6 is 0 Å². The summed E-state index contributed by atoms with van der Waals surface area (Å²) in [5, 5.41) is 10.7. The second-order valence-corrected chi connectivity index (χ2v) is 7.39. The Morgan fingerprint density at radius 3 is 2.57 bits per heavy atom. The molecule has 3 rings (SSSR count). The molecule has 3 aromatic rings. The fourth-order valence-corrected chi connectivity index (χ4v) is 3.40. The molecular formula is C23H26N4O. The van der Waals surface area contributed by atoms with Gasteiger partial charge in [0.05, 0.1) is 16.8 Å². The number of aryl methyl sites for hydroxylation is 1. The lowest BCUT2D eigenvalue weighted by molar-refractivity contribution is 0.0978. The predicted octanol–water partition coefficient (Wildman–Crippen LogP) is 4.50. The van der Waals surface area contributed by atoms with Gasteiger partial charge < -0.3 is 5.73 Å². The van der Waals surface area contributed by atoms with E-state index >= 15 is 0 Å². The van der Waals surface area contributed by atoms with Gasteiger partial charge in [0.2, 0.25) is 0 Å². The standard InChI is InChI=1S/C23H26N4O/c1-15(2)8-6-11-17-12-7-13-19-21(17)18(22(28)27-23(24)25)14-20(26-19)16-9-4-3-5-10-16/h3-5,7,9-10,12-15H,6,8,11H2,1-2H3,(H4,24,25,27,28). The first-order chi connectivity index (χ1) is 13.5. The Labute approximate surface area is 165 Å². The van der Waals surface area contributed by atoms with E-state index in [1.165, 1.54) is 0 Å². The van der Waals surface area contributed by atoms with Crippen LogP contribution in [0.4, 0.5) is 0 Å². The van der Waals surface area contributed by atoms with Crippen molar-refractivity contribution in [3.05, 3.63) is 65.7 Å². The van der Waals surface area contributed by atoms with Crippen LogP contribution in [0, 0.1) is 11.3 Å². The fraction of sp³-hybridized carbons (Fsp3) is 0.261. The average Bonchev–Trinajstić information content (AvgIpc) is 2.67. The highest BCUT2D eigenvalue weighted by Crippen LogP contribution is 2.28. The molecule has 0 bridgehead atoms. The maximum atomic E-state index is 12.8. The molecule has 0 atom stereocenters. The highest BCUT2D eigenvalue weighted by atomic mass is 16.1. The van der Waals surface area contributed by atoms with Crippen molar-refractivity contribution >= 4 is 22.8 Å². The van der Waals surface area contributed by atoms with Crippen molar-refractivity contribution in [2.75, 3.05) is 0 Å². The molecule has 144 valence electrons. The van der Waals surface area contributed by atoms with Crippen LogP contribution in [0.1, 0.15) is 42.6 Å². The molecule has 5 heteroatoms. The molecule has 0 aliphatic rings. The Morgan fingerprint density at radius 2 is 1.89 bits per heavy atom. The third-order valence-corrected chi connectivity index (χ3v) is 4.71. The number of hydrogen-bond acceptors (Lipinski definition) is 3. The highest BCUT2D eigenvalue weighted by molar-refractivity contribution is 6.13. The third kappa shape index (κ3) is 4.55. The summed E-state index contributed by atoms with van der Waals surface area (Å²) < 4.78 is 0. The SMILES string of the molecule is CC(C)CCCc1cccc2nc(-c3ccccc3)cc(C(=O)NC(=N)N)c12. The Hall–Kier alpha value is -3.21. The van der Waals surface area contributed by atoms with Crippen LogP contribution in [0.15, 0.2) is 54.6 Å². The van der Waals surface area contributed by atoms with Gasteiger partial charge in [-0.2, -0.15) is 0 Å². The van der Waals surface area contributed by atoms with Gasteiger partial charge in [0.15, 0.2) is 5.96 Å². The van der Waals surface area contributed by atoms with Gasteiger partial charge in [0, 0.05) is 10.9 Å². The third-order valence-electron chi connectivity index (χ3n) is 4.71. The first-order valence-corrected chi connectivity index (χ1v) is 9.59. The molecule has 4 N–H and O–H groups in total. The van der Waals surface area contributed by atoms with Crippen molar-refractivity contribution in [2.45, 2.75) is 33.1 Å². The van der Waals surface area contributed by atoms with Crippen LogP contribution < -0.4 is 11.1 Å². The predicted molar refractivity (Wildman–Crippen MR) is 114 cm³/mol. The number of nitrogens with two attached hydrogens (primary N) is 1. The van der Waals surface area contributed by atoms with Crippen LogP contribution in [0.5, 0.6) is 0 Å². The van der Waals surface area contributed by atoms with Gasteiger partial charge >= 0.3 is 0 Å². The summed E-state index contributed by atoms with van der Waals surface area (Å²) in [7, 11) is 0. The van der Waals surface area contributed by atoms with Crippen molar-refractivity contribution in [1.29, 1.82) is 5.41 Å². The summed E-state index contributed by atoms with van der Waals surface area (Å²) in [6.07, 6.45) is 3.05. The molecule has 0 spiro atoms. The van der Waals surface area contributed by atoms with Gasteiger partial charge in [0.1, 0.15) is 0 Å². The summed E-state index contributed by atoms with van der Waals surface area (Å²) in [6, 6.07) is 17.5. The highest BCUT2D eigenvalue weighted by Gasteiger charge is 2.17. The summed E-state index contributed by atoms with van der Waals surface area (Å²) in [6.45, 7) is 4.42. The summed E-state index contributed by atoms with van der Waals surface area (Å²) in [4.78, 5) is 17.6. The number of rotatable bonds is 6. The van der Waals surface area contributed by atoms with Crippen molar-refractivity contribution < 1.29 is 4.79 Å². The van der Waals surface area contributed by atoms with E-state index in [-0.39, 0.29) is 11.9 Å². The summed E-state index contributed by atoms with van der Waals surface area (Å²) >= 11 is 0. The topological polar surface area (TPSA) is 91.9 Å². The zero-order chi connectivity index (χ0) is 20.1. The number of aromatic nitrogens is 1. The van der Waals surface area contributed by atoms with E-state index in [0.717, 1.165) is 47.0 Å². The van der Waals surface area contributed by atoms with Gasteiger partial charge in [-0.1, -0.05) is 62.7 Å². The number of hydrogen-bond donors (Lipinski definition) is 3. The molecule has 2 aromatic carbocycles. The molecule has 0 radical (unpaired) electrons. The smallest absolute Gasteiger partial charge is 0.258 e.